The highest BCUT2D eigenvalue weighted by Gasteiger charge is 2.18. The van der Waals surface area contributed by atoms with Crippen molar-refractivity contribution < 1.29 is 13.2 Å². The standard InChI is InChI=1S/C9H21NO3S/c1-4-9-14(11,12)10(5-2)7-8-13-6-3/h4-9H2,1-3H3. The second-order valence-corrected chi connectivity index (χ2v) is 5.09. The third kappa shape index (κ3) is 4.93. The summed E-state index contributed by atoms with van der Waals surface area (Å²) in [4.78, 5) is 0. The van der Waals surface area contributed by atoms with E-state index in [-0.39, 0.29) is 5.75 Å². The molecule has 0 bridgehead atoms. The van der Waals surface area contributed by atoms with E-state index in [9.17, 15) is 8.42 Å². The van der Waals surface area contributed by atoms with Gasteiger partial charge in [0, 0.05) is 19.7 Å². The maximum Gasteiger partial charge on any atom is 0.214 e. The lowest BCUT2D eigenvalue weighted by Gasteiger charge is -2.19. The summed E-state index contributed by atoms with van der Waals surface area (Å²) in [5.74, 6) is 0.229. The van der Waals surface area contributed by atoms with Crippen LogP contribution >= 0.6 is 0 Å². The van der Waals surface area contributed by atoms with Gasteiger partial charge in [0.15, 0.2) is 0 Å². The summed E-state index contributed by atoms with van der Waals surface area (Å²) < 4.78 is 29.9. The minimum atomic E-state index is -3.05. The molecule has 0 heterocycles. The van der Waals surface area contributed by atoms with Crippen molar-refractivity contribution in [3.63, 3.8) is 0 Å². The molecular formula is C9H21NO3S. The van der Waals surface area contributed by atoms with Gasteiger partial charge < -0.3 is 4.74 Å². The molecule has 0 amide bonds. The maximum absolute atomic E-state index is 11.6. The van der Waals surface area contributed by atoms with E-state index in [4.69, 9.17) is 4.74 Å². The molecule has 0 aromatic heterocycles. The van der Waals surface area contributed by atoms with Gasteiger partial charge in [-0.1, -0.05) is 13.8 Å². The predicted octanol–water partition coefficient (Wildman–Crippen LogP) is 1.08. The first-order valence-electron chi connectivity index (χ1n) is 5.14. The van der Waals surface area contributed by atoms with Gasteiger partial charge in [0.2, 0.25) is 10.0 Å². The number of nitrogens with zero attached hydrogens (tertiary/aromatic N) is 1. The molecule has 5 heteroatoms. The number of sulfonamides is 1. The topological polar surface area (TPSA) is 46.6 Å². The van der Waals surface area contributed by atoms with Crippen LogP contribution in [-0.2, 0) is 14.8 Å². The van der Waals surface area contributed by atoms with Gasteiger partial charge in [0.25, 0.3) is 0 Å². The maximum atomic E-state index is 11.6. The number of ether oxygens (including phenoxy) is 1. The first-order valence-corrected chi connectivity index (χ1v) is 6.74. The van der Waals surface area contributed by atoms with E-state index in [1.165, 1.54) is 4.31 Å². The fourth-order valence-corrected chi connectivity index (χ4v) is 2.71. The predicted molar refractivity (Wildman–Crippen MR) is 57.8 cm³/mol. The lowest BCUT2D eigenvalue weighted by atomic mass is 10.6. The van der Waals surface area contributed by atoms with Crippen LogP contribution in [0.4, 0.5) is 0 Å². The lowest BCUT2D eigenvalue weighted by molar-refractivity contribution is 0.135. The zero-order chi connectivity index (χ0) is 11.0. The Morgan fingerprint density at radius 2 is 1.86 bits per heavy atom. The normalized spacial score (nSPS) is 12.3. The molecule has 0 aliphatic rings. The monoisotopic (exact) mass is 223 g/mol. The summed E-state index contributed by atoms with van der Waals surface area (Å²) in [6, 6.07) is 0. The highest BCUT2D eigenvalue weighted by Crippen LogP contribution is 2.02. The van der Waals surface area contributed by atoms with Gasteiger partial charge in [0.1, 0.15) is 0 Å². The number of rotatable bonds is 8. The smallest absolute Gasteiger partial charge is 0.214 e. The molecule has 0 unspecified atom stereocenters. The van der Waals surface area contributed by atoms with Crippen LogP contribution in [0.3, 0.4) is 0 Å². The lowest BCUT2D eigenvalue weighted by Crippen LogP contribution is -2.35. The number of hydrogen-bond donors (Lipinski definition) is 0. The molecule has 0 aromatic carbocycles. The Bertz CT molecular complexity index is 226. The Morgan fingerprint density at radius 3 is 2.29 bits per heavy atom. The Morgan fingerprint density at radius 1 is 1.21 bits per heavy atom. The fraction of sp³-hybridized carbons (Fsp3) is 1.00. The zero-order valence-electron chi connectivity index (χ0n) is 9.32. The van der Waals surface area contributed by atoms with Crippen molar-refractivity contribution in [1.82, 2.24) is 4.31 Å². The van der Waals surface area contributed by atoms with Crippen LogP contribution in [0.1, 0.15) is 27.2 Å². The van der Waals surface area contributed by atoms with Crippen LogP contribution in [0, 0.1) is 0 Å². The van der Waals surface area contributed by atoms with Gasteiger partial charge in [-0.05, 0) is 13.3 Å². The van der Waals surface area contributed by atoms with Crippen molar-refractivity contribution >= 4 is 10.0 Å². The van der Waals surface area contributed by atoms with E-state index in [1.54, 1.807) is 0 Å². The summed E-state index contributed by atoms with van der Waals surface area (Å²) in [7, 11) is -3.05. The van der Waals surface area contributed by atoms with Gasteiger partial charge in [-0.2, -0.15) is 4.31 Å². The number of hydrogen-bond acceptors (Lipinski definition) is 3. The van der Waals surface area contributed by atoms with Crippen LogP contribution < -0.4 is 0 Å². The molecule has 0 spiro atoms. The largest absolute Gasteiger partial charge is 0.380 e. The third-order valence-corrected chi connectivity index (χ3v) is 4.05. The van der Waals surface area contributed by atoms with Crippen molar-refractivity contribution in [1.29, 1.82) is 0 Å². The minimum absolute atomic E-state index is 0.229. The summed E-state index contributed by atoms with van der Waals surface area (Å²) >= 11 is 0. The van der Waals surface area contributed by atoms with Gasteiger partial charge in [-0.25, -0.2) is 8.42 Å². The Labute approximate surface area is 87.3 Å². The van der Waals surface area contributed by atoms with E-state index < -0.39 is 10.0 Å². The van der Waals surface area contributed by atoms with Crippen LogP contribution in [0.2, 0.25) is 0 Å². The molecule has 0 N–H and O–H groups in total. The molecule has 0 rings (SSSR count). The average Bonchev–Trinajstić information content (AvgIpc) is 2.12. The van der Waals surface area contributed by atoms with Crippen molar-refractivity contribution in [2.24, 2.45) is 0 Å². The highest BCUT2D eigenvalue weighted by atomic mass is 32.2. The van der Waals surface area contributed by atoms with Crippen LogP contribution in [-0.4, -0.2) is 44.8 Å². The van der Waals surface area contributed by atoms with E-state index in [1.807, 2.05) is 20.8 Å². The molecular weight excluding hydrogens is 202 g/mol. The molecule has 0 saturated carbocycles. The molecule has 0 saturated heterocycles. The first kappa shape index (κ1) is 13.9. The van der Waals surface area contributed by atoms with Crippen LogP contribution in [0.15, 0.2) is 0 Å². The molecule has 0 aliphatic heterocycles. The van der Waals surface area contributed by atoms with E-state index >= 15 is 0 Å². The summed E-state index contributed by atoms with van der Waals surface area (Å²) in [5.41, 5.74) is 0. The van der Waals surface area contributed by atoms with Gasteiger partial charge in [0.05, 0.1) is 12.4 Å². The van der Waals surface area contributed by atoms with Crippen LogP contribution in [0.25, 0.3) is 0 Å². The van der Waals surface area contributed by atoms with Gasteiger partial charge in [-0.15, -0.1) is 0 Å². The molecule has 14 heavy (non-hydrogen) atoms. The SMILES string of the molecule is CCCS(=O)(=O)N(CC)CCOCC. The van der Waals surface area contributed by atoms with Crippen molar-refractivity contribution in [2.45, 2.75) is 27.2 Å². The highest BCUT2D eigenvalue weighted by molar-refractivity contribution is 7.89. The molecule has 4 nitrogen and oxygen atoms in total. The zero-order valence-corrected chi connectivity index (χ0v) is 10.1. The Balaban J connectivity index is 4.11. The average molecular weight is 223 g/mol. The fourth-order valence-electron chi connectivity index (χ4n) is 1.19. The molecule has 86 valence electrons. The molecule has 0 radical (unpaired) electrons. The Hall–Kier alpha value is -0.130. The third-order valence-electron chi connectivity index (χ3n) is 1.90. The minimum Gasteiger partial charge on any atom is -0.380 e. The molecule has 0 aromatic rings. The van der Waals surface area contributed by atoms with E-state index in [2.05, 4.69) is 0 Å². The second-order valence-electron chi connectivity index (χ2n) is 3.00. The van der Waals surface area contributed by atoms with E-state index in [0.29, 0.717) is 32.7 Å². The summed E-state index contributed by atoms with van der Waals surface area (Å²) in [5, 5.41) is 0. The van der Waals surface area contributed by atoms with Crippen LogP contribution in [0.5, 0.6) is 0 Å². The van der Waals surface area contributed by atoms with Crippen molar-refractivity contribution in [3.05, 3.63) is 0 Å². The Kier molecular flexibility index (Phi) is 7.13. The van der Waals surface area contributed by atoms with Gasteiger partial charge >= 0.3 is 0 Å². The number of likely N-dealkylation sites (N-methyl/N-ethyl adjacent to an activating group) is 1. The molecule has 0 fully saturated rings. The molecule has 0 atom stereocenters. The summed E-state index contributed by atoms with van der Waals surface area (Å²) in [6.07, 6.45) is 0.660. The second kappa shape index (κ2) is 7.20. The quantitative estimate of drug-likeness (QED) is 0.579. The molecule has 0 aliphatic carbocycles. The first-order chi connectivity index (χ1) is 6.58. The van der Waals surface area contributed by atoms with Crippen molar-refractivity contribution in [3.8, 4) is 0 Å². The van der Waals surface area contributed by atoms with E-state index in [0.717, 1.165) is 0 Å². The van der Waals surface area contributed by atoms with Crippen molar-refractivity contribution in [2.75, 3.05) is 32.1 Å². The summed E-state index contributed by atoms with van der Waals surface area (Å²) in [6.45, 7) is 7.71. The van der Waals surface area contributed by atoms with Gasteiger partial charge in [-0.3, -0.25) is 0 Å².